The fourth-order valence-corrected chi connectivity index (χ4v) is 2.53. The molecule has 0 bridgehead atoms. The number of nitrogens with zero attached hydrogens (tertiary/aromatic N) is 1. The lowest BCUT2D eigenvalue weighted by Crippen LogP contribution is -2.31. The molecule has 20 heavy (non-hydrogen) atoms. The molecular weight excluding hydrogens is 250 g/mol. The highest BCUT2D eigenvalue weighted by Gasteiger charge is 2.15. The molecule has 2 heterocycles. The first kappa shape index (κ1) is 13.1. The van der Waals surface area contributed by atoms with Crippen molar-refractivity contribution in [3.05, 3.63) is 51.4 Å². The third-order valence-corrected chi connectivity index (χ3v) is 3.80. The van der Waals surface area contributed by atoms with Gasteiger partial charge in [0.25, 0.3) is 5.56 Å². The van der Waals surface area contributed by atoms with Crippen molar-refractivity contribution >= 4 is 0 Å². The highest BCUT2D eigenvalue weighted by molar-refractivity contribution is 5.56. The molecule has 0 fully saturated rings. The number of hydrogen-bond acceptors (Lipinski definition) is 3. The van der Waals surface area contributed by atoms with Gasteiger partial charge in [-0.15, -0.1) is 0 Å². The van der Waals surface area contributed by atoms with Crippen LogP contribution in [0.2, 0.25) is 0 Å². The summed E-state index contributed by atoms with van der Waals surface area (Å²) in [5, 5.41) is 3.26. The van der Waals surface area contributed by atoms with Crippen LogP contribution in [0.3, 0.4) is 0 Å². The van der Waals surface area contributed by atoms with Crippen molar-refractivity contribution < 1.29 is 0 Å². The van der Waals surface area contributed by atoms with E-state index in [9.17, 15) is 4.79 Å². The second-order valence-corrected chi connectivity index (χ2v) is 5.54. The maximum absolute atomic E-state index is 12.1. The first-order valence-corrected chi connectivity index (χ1v) is 7.08. The van der Waals surface area contributed by atoms with Gasteiger partial charge in [0.2, 0.25) is 0 Å². The average Bonchev–Trinajstić information content (AvgIpc) is 2.47. The Bertz CT molecular complexity index is 671. The van der Waals surface area contributed by atoms with E-state index in [4.69, 9.17) is 0 Å². The smallest absolute Gasteiger partial charge is 0.254 e. The van der Waals surface area contributed by atoms with Crippen molar-refractivity contribution in [2.45, 2.75) is 32.7 Å². The molecule has 0 aliphatic carbocycles. The van der Waals surface area contributed by atoms with Gasteiger partial charge in [-0.3, -0.25) is 4.79 Å². The highest BCUT2D eigenvalue weighted by atomic mass is 16.1. The minimum absolute atomic E-state index is 0.000522. The van der Waals surface area contributed by atoms with Crippen LogP contribution in [0.1, 0.15) is 36.6 Å². The van der Waals surface area contributed by atoms with Crippen molar-refractivity contribution in [3.8, 4) is 11.4 Å². The first-order valence-electron chi connectivity index (χ1n) is 7.08. The molecule has 0 amide bonds. The fraction of sp³-hybridized carbons (Fsp3) is 0.375. The van der Waals surface area contributed by atoms with Gasteiger partial charge < -0.3 is 10.3 Å². The zero-order chi connectivity index (χ0) is 14.1. The fourth-order valence-electron chi connectivity index (χ4n) is 2.53. The average molecular weight is 269 g/mol. The van der Waals surface area contributed by atoms with E-state index in [0.29, 0.717) is 18.3 Å². The van der Waals surface area contributed by atoms with Crippen molar-refractivity contribution in [1.82, 2.24) is 15.3 Å². The topological polar surface area (TPSA) is 57.8 Å². The third-order valence-electron chi connectivity index (χ3n) is 3.80. The Morgan fingerprint density at radius 1 is 1.20 bits per heavy atom. The van der Waals surface area contributed by atoms with Crippen LogP contribution in [-0.2, 0) is 13.0 Å². The predicted octanol–water partition coefficient (Wildman–Crippen LogP) is 2.21. The minimum atomic E-state index is -0.000522. The third kappa shape index (κ3) is 2.39. The molecule has 1 aliphatic rings. The number of H-pyrrole nitrogens is 1. The molecule has 0 saturated heterocycles. The quantitative estimate of drug-likeness (QED) is 0.878. The molecule has 104 valence electrons. The van der Waals surface area contributed by atoms with Gasteiger partial charge in [-0.05, 0) is 24.4 Å². The summed E-state index contributed by atoms with van der Waals surface area (Å²) in [4.78, 5) is 19.6. The molecule has 0 saturated carbocycles. The summed E-state index contributed by atoms with van der Waals surface area (Å²) < 4.78 is 0. The molecule has 1 aromatic heterocycles. The van der Waals surface area contributed by atoms with Crippen LogP contribution in [0.4, 0.5) is 0 Å². The van der Waals surface area contributed by atoms with Gasteiger partial charge in [0, 0.05) is 17.7 Å². The Morgan fingerprint density at radius 3 is 2.65 bits per heavy atom. The summed E-state index contributed by atoms with van der Waals surface area (Å²) in [6, 6.07) is 8.24. The zero-order valence-electron chi connectivity index (χ0n) is 11.9. The first-order chi connectivity index (χ1) is 9.65. The predicted molar refractivity (Wildman–Crippen MR) is 79.8 cm³/mol. The van der Waals surface area contributed by atoms with Crippen LogP contribution in [0.25, 0.3) is 11.4 Å². The Kier molecular flexibility index (Phi) is 3.40. The van der Waals surface area contributed by atoms with Gasteiger partial charge in [-0.2, -0.15) is 0 Å². The Labute approximate surface area is 118 Å². The summed E-state index contributed by atoms with van der Waals surface area (Å²) in [7, 11) is 0. The van der Waals surface area contributed by atoms with E-state index in [1.165, 1.54) is 5.56 Å². The SMILES string of the molecule is CC(C)c1ccc(-c2nc3c(c(=O)[nH]2)CCNC3)cc1. The van der Waals surface area contributed by atoms with E-state index in [1.54, 1.807) is 0 Å². The molecule has 3 rings (SSSR count). The van der Waals surface area contributed by atoms with Crippen LogP contribution < -0.4 is 10.9 Å². The molecule has 2 aromatic rings. The standard InChI is InChI=1S/C16H19N3O/c1-10(2)11-3-5-12(6-4-11)15-18-14-9-17-8-7-13(14)16(20)19-15/h3-6,10,17H,7-9H2,1-2H3,(H,18,19,20). The van der Waals surface area contributed by atoms with Crippen molar-refractivity contribution in [2.75, 3.05) is 6.54 Å². The van der Waals surface area contributed by atoms with Gasteiger partial charge in [0.15, 0.2) is 0 Å². The molecule has 0 spiro atoms. The van der Waals surface area contributed by atoms with E-state index in [0.717, 1.165) is 29.8 Å². The second-order valence-electron chi connectivity index (χ2n) is 5.54. The summed E-state index contributed by atoms with van der Waals surface area (Å²) in [5.41, 5.74) is 3.95. The molecular formula is C16H19N3O. The summed E-state index contributed by atoms with van der Waals surface area (Å²) in [6.45, 7) is 5.86. The molecule has 0 radical (unpaired) electrons. The Morgan fingerprint density at radius 2 is 1.95 bits per heavy atom. The molecule has 0 atom stereocenters. The highest BCUT2D eigenvalue weighted by Crippen LogP contribution is 2.20. The lowest BCUT2D eigenvalue weighted by atomic mass is 10.0. The largest absolute Gasteiger partial charge is 0.311 e. The van der Waals surface area contributed by atoms with Gasteiger partial charge in [-0.25, -0.2) is 4.98 Å². The van der Waals surface area contributed by atoms with Crippen LogP contribution in [0.5, 0.6) is 0 Å². The zero-order valence-corrected chi connectivity index (χ0v) is 11.9. The lowest BCUT2D eigenvalue weighted by Gasteiger charge is -2.16. The van der Waals surface area contributed by atoms with Crippen molar-refractivity contribution in [1.29, 1.82) is 0 Å². The molecule has 0 unspecified atom stereocenters. The molecule has 4 nitrogen and oxygen atoms in total. The number of nitrogens with one attached hydrogen (secondary N) is 2. The molecule has 2 N–H and O–H groups in total. The summed E-state index contributed by atoms with van der Waals surface area (Å²) in [6.07, 6.45) is 0.754. The molecule has 1 aromatic carbocycles. The van der Waals surface area contributed by atoms with E-state index in [2.05, 4.69) is 41.3 Å². The summed E-state index contributed by atoms with van der Waals surface area (Å²) in [5.74, 6) is 1.16. The van der Waals surface area contributed by atoms with E-state index in [1.807, 2.05) is 12.1 Å². The number of aromatic nitrogens is 2. The number of hydrogen-bond donors (Lipinski definition) is 2. The Balaban J connectivity index is 2.02. The monoisotopic (exact) mass is 269 g/mol. The second kappa shape index (κ2) is 5.21. The van der Waals surface area contributed by atoms with Gasteiger partial charge in [0.05, 0.1) is 5.69 Å². The maximum atomic E-state index is 12.1. The van der Waals surface area contributed by atoms with Crippen LogP contribution in [0.15, 0.2) is 29.1 Å². The number of rotatable bonds is 2. The Hall–Kier alpha value is -1.94. The number of aromatic amines is 1. The van der Waals surface area contributed by atoms with Crippen LogP contribution >= 0.6 is 0 Å². The molecule has 1 aliphatic heterocycles. The van der Waals surface area contributed by atoms with Crippen LogP contribution in [0, 0.1) is 0 Å². The van der Waals surface area contributed by atoms with E-state index < -0.39 is 0 Å². The molecule has 4 heteroatoms. The van der Waals surface area contributed by atoms with E-state index >= 15 is 0 Å². The van der Waals surface area contributed by atoms with Gasteiger partial charge in [0.1, 0.15) is 5.82 Å². The van der Waals surface area contributed by atoms with Crippen LogP contribution in [-0.4, -0.2) is 16.5 Å². The summed E-state index contributed by atoms with van der Waals surface area (Å²) >= 11 is 0. The van der Waals surface area contributed by atoms with Gasteiger partial charge >= 0.3 is 0 Å². The number of benzene rings is 1. The minimum Gasteiger partial charge on any atom is -0.311 e. The van der Waals surface area contributed by atoms with E-state index in [-0.39, 0.29) is 5.56 Å². The normalized spacial score (nSPS) is 14.3. The van der Waals surface area contributed by atoms with Crippen molar-refractivity contribution in [2.24, 2.45) is 0 Å². The van der Waals surface area contributed by atoms with Crippen molar-refractivity contribution in [3.63, 3.8) is 0 Å². The van der Waals surface area contributed by atoms with Gasteiger partial charge in [-0.1, -0.05) is 38.1 Å². The number of fused-ring (bicyclic) bond motifs is 1. The lowest BCUT2D eigenvalue weighted by molar-refractivity contribution is 0.619. The maximum Gasteiger partial charge on any atom is 0.254 e.